The van der Waals surface area contributed by atoms with Crippen LogP contribution in [-0.4, -0.2) is 14.4 Å². The van der Waals surface area contributed by atoms with Gasteiger partial charge in [0.25, 0.3) is 0 Å². The topological polar surface area (TPSA) is 9.23 Å². The Morgan fingerprint density at radius 2 is 1.17 bits per heavy atom. The summed E-state index contributed by atoms with van der Waals surface area (Å²) >= 11 is 0. The van der Waals surface area contributed by atoms with Crippen LogP contribution < -0.4 is 0 Å². The molecule has 1 aliphatic heterocycles. The first kappa shape index (κ1) is 21.2. The maximum atomic E-state index is 6.83. The summed E-state index contributed by atoms with van der Waals surface area (Å²) in [6.07, 6.45) is 21.6. The Labute approximate surface area is 148 Å². The van der Waals surface area contributed by atoms with E-state index in [-0.39, 0.29) is 0 Å². The molecule has 0 N–H and O–H groups in total. The first-order valence-electron chi connectivity index (χ1n) is 10.9. The summed E-state index contributed by atoms with van der Waals surface area (Å²) in [5, 5.41) is 0. The minimum absolute atomic E-state index is 0.591. The minimum Gasteiger partial charge on any atom is -0.414 e. The first-order chi connectivity index (χ1) is 11.2. The number of rotatable bonds is 14. The van der Waals surface area contributed by atoms with Crippen LogP contribution in [0.4, 0.5) is 0 Å². The Hall–Kier alpha value is 0.177. The second kappa shape index (κ2) is 13.5. The van der Waals surface area contributed by atoms with E-state index >= 15 is 0 Å². The molecule has 0 spiro atoms. The first-order valence-corrected chi connectivity index (χ1v) is 13.7. The summed E-state index contributed by atoms with van der Waals surface area (Å²) in [7, 11) is -1.35. The average molecular weight is 341 g/mol. The van der Waals surface area contributed by atoms with Crippen LogP contribution in [0.15, 0.2) is 0 Å². The van der Waals surface area contributed by atoms with Gasteiger partial charge in [-0.05, 0) is 31.5 Å². The van der Waals surface area contributed by atoms with Gasteiger partial charge in [-0.1, -0.05) is 97.3 Å². The Morgan fingerprint density at radius 1 is 0.696 bits per heavy atom. The zero-order chi connectivity index (χ0) is 16.8. The normalized spacial score (nSPS) is 18.9. The van der Waals surface area contributed by atoms with Crippen LogP contribution in [0.3, 0.4) is 0 Å². The lowest BCUT2D eigenvalue weighted by molar-refractivity contribution is 0.157. The molecule has 138 valence electrons. The highest BCUT2D eigenvalue weighted by Gasteiger charge is 2.33. The van der Waals surface area contributed by atoms with Crippen molar-refractivity contribution in [2.24, 2.45) is 0 Å². The average Bonchev–Trinajstić information content (AvgIpc) is 2.55. The molecule has 1 heterocycles. The van der Waals surface area contributed by atoms with Crippen LogP contribution in [0.5, 0.6) is 0 Å². The molecule has 0 aromatic rings. The zero-order valence-corrected chi connectivity index (χ0v) is 17.5. The van der Waals surface area contributed by atoms with Gasteiger partial charge < -0.3 is 4.43 Å². The quantitative estimate of drug-likeness (QED) is 0.231. The Bertz CT molecular complexity index is 261. The van der Waals surface area contributed by atoms with E-state index in [1.807, 2.05) is 0 Å². The molecular weight excluding hydrogens is 296 g/mol. The third kappa shape index (κ3) is 10.6. The molecule has 1 fully saturated rings. The third-order valence-corrected chi connectivity index (χ3v) is 9.35. The van der Waals surface area contributed by atoms with Gasteiger partial charge in [0.1, 0.15) is 0 Å². The van der Waals surface area contributed by atoms with Gasteiger partial charge in [0.2, 0.25) is 0 Å². The van der Waals surface area contributed by atoms with Gasteiger partial charge in [0.05, 0.1) is 0 Å². The Morgan fingerprint density at radius 3 is 1.74 bits per heavy atom. The van der Waals surface area contributed by atoms with Gasteiger partial charge in [-0.25, -0.2) is 0 Å². The molecule has 0 bridgehead atoms. The molecule has 1 unspecified atom stereocenters. The molecule has 1 atom stereocenters. The highest BCUT2D eigenvalue weighted by atomic mass is 28.4. The van der Waals surface area contributed by atoms with E-state index in [0.29, 0.717) is 6.10 Å². The molecule has 1 saturated heterocycles. The molecule has 0 saturated carbocycles. The molecule has 0 amide bonds. The predicted octanol–water partition coefficient (Wildman–Crippen LogP) is 7.85. The van der Waals surface area contributed by atoms with Crippen LogP contribution >= 0.6 is 0 Å². The summed E-state index contributed by atoms with van der Waals surface area (Å²) in [6.45, 7) is 7.13. The summed E-state index contributed by atoms with van der Waals surface area (Å²) in [4.78, 5) is 0. The maximum absolute atomic E-state index is 6.83. The molecule has 1 rings (SSSR count). The van der Waals surface area contributed by atoms with E-state index < -0.39 is 8.32 Å². The third-order valence-electron chi connectivity index (χ3n) is 5.62. The van der Waals surface area contributed by atoms with Crippen LogP contribution in [0.1, 0.15) is 110 Å². The van der Waals surface area contributed by atoms with Crippen molar-refractivity contribution in [3.63, 3.8) is 0 Å². The van der Waals surface area contributed by atoms with Crippen molar-refractivity contribution in [1.29, 1.82) is 0 Å². The molecule has 23 heavy (non-hydrogen) atoms. The van der Waals surface area contributed by atoms with Crippen LogP contribution in [0.25, 0.3) is 0 Å². The molecule has 0 aliphatic carbocycles. The fourth-order valence-electron chi connectivity index (χ4n) is 4.03. The smallest absolute Gasteiger partial charge is 0.190 e. The van der Waals surface area contributed by atoms with Gasteiger partial charge in [-0.15, -0.1) is 0 Å². The molecule has 0 radical (unpaired) electrons. The second-order valence-electron chi connectivity index (χ2n) is 8.16. The lowest BCUT2D eigenvalue weighted by Gasteiger charge is -2.35. The molecule has 0 aromatic carbocycles. The van der Waals surface area contributed by atoms with Crippen molar-refractivity contribution in [3.05, 3.63) is 0 Å². The minimum atomic E-state index is -1.35. The zero-order valence-electron chi connectivity index (χ0n) is 16.5. The van der Waals surface area contributed by atoms with Gasteiger partial charge in [0, 0.05) is 6.10 Å². The Kier molecular flexibility index (Phi) is 12.4. The lowest BCUT2D eigenvalue weighted by atomic mass is 10.0. The molecular formula is C21H44OSi. The van der Waals surface area contributed by atoms with Crippen molar-refractivity contribution < 1.29 is 4.43 Å². The van der Waals surface area contributed by atoms with Gasteiger partial charge in [0.15, 0.2) is 8.32 Å². The van der Waals surface area contributed by atoms with Gasteiger partial charge in [-0.2, -0.15) is 0 Å². The summed E-state index contributed by atoms with van der Waals surface area (Å²) < 4.78 is 6.83. The fraction of sp³-hybridized carbons (Fsp3) is 1.00. The van der Waals surface area contributed by atoms with E-state index in [4.69, 9.17) is 4.43 Å². The van der Waals surface area contributed by atoms with Crippen molar-refractivity contribution in [2.45, 2.75) is 135 Å². The van der Waals surface area contributed by atoms with Crippen molar-refractivity contribution >= 4 is 8.32 Å². The van der Waals surface area contributed by atoms with Crippen LogP contribution in [0.2, 0.25) is 18.6 Å². The highest BCUT2D eigenvalue weighted by molar-refractivity contribution is 6.72. The highest BCUT2D eigenvalue weighted by Crippen LogP contribution is 2.32. The van der Waals surface area contributed by atoms with Crippen molar-refractivity contribution in [3.8, 4) is 0 Å². The van der Waals surface area contributed by atoms with Crippen molar-refractivity contribution in [1.82, 2.24) is 0 Å². The van der Waals surface area contributed by atoms with E-state index in [9.17, 15) is 0 Å². The fourth-order valence-corrected chi connectivity index (χ4v) is 7.56. The maximum Gasteiger partial charge on any atom is 0.190 e. The van der Waals surface area contributed by atoms with Gasteiger partial charge >= 0.3 is 0 Å². The van der Waals surface area contributed by atoms with E-state index in [2.05, 4.69) is 20.4 Å². The molecule has 2 heteroatoms. The largest absolute Gasteiger partial charge is 0.414 e. The number of unbranched alkanes of at least 4 members (excludes halogenated alkanes) is 8. The van der Waals surface area contributed by atoms with E-state index in [1.165, 1.54) is 108 Å². The monoisotopic (exact) mass is 340 g/mol. The lowest BCUT2D eigenvalue weighted by Crippen LogP contribution is -2.40. The number of hydrogen-bond donors (Lipinski definition) is 0. The van der Waals surface area contributed by atoms with Crippen LogP contribution in [0, 0.1) is 0 Å². The molecule has 0 aromatic heterocycles. The summed E-state index contributed by atoms with van der Waals surface area (Å²) in [5.74, 6) is 0. The SMILES string of the molecule is CCCCCCCCC(CCCCCC)O[Si]1(C)CCCCC1. The molecule has 1 aliphatic rings. The number of hydrogen-bond acceptors (Lipinski definition) is 1. The standard InChI is InChI=1S/C21H44OSi/c1-4-6-8-10-11-14-18-21(17-13-9-7-5-2)22-23(3)19-15-12-16-20-23/h21H,4-20H2,1-3H3. The van der Waals surface area contributed by atoms with Crippen LogP contribution in [-0.2, 0) is 4.43 Å². The van der Waals surface area contributed by atoms with E-state index in [1.54, 1.807) is 0 Å². The van der Waals surface area contributed by atoms with E-state index in [0.717, 1.165) is 0 Å². The van der Waals surface area contributed by atoms with Gasteiger partial charge in [-0.3, -0.25) is 0 Å². The van der Waals surface area contributed by atoms with Crippen molar-refractivity contribution in [2.75, 3.05) is 0 Å². The predicted molar refractivity (Wildman–Crippen MR) is 107 cm³/mol. The Balaban J connectivity index is 2.29. The summed E-state index contributed by atoms with van der Waals surface area (Å²) in [6, 6.07) is 2.85. The summed E-state index contributed by atoms with van der Waals surface area (Å²) in [5.41, 5.74) is 0. The molecule has 1 nitrogen and oxygen atoms in total. The second-order valence-corrected chi connectivity index (χ2v) is 12.3.